The summed E-state index contributed by atoms with van der Waals surface area (Å²) in [6.07, 6.45) is 0. The van der Waals surface area contributed by atoms with Crippen LogP contribution in [0.1, 0.15) is 39.3 Å². The van der Waals surface area contributed by atoms with E-state index in [4.69, 9.17) is 0 Å². The summed E-state index contributed by atoms with van der Waals surface area (Å²) in [5.41, 5.74) is 5.34. The minimum atomic E-state index is -0.879. The summed E-state index contributed by atoms with van der Waals surface area (Å²) in [6.45, 7) is 3.60. The largest absolute Gasteiger partial charge is 0.293 e. The van der Waals surface area contributed by atoms with Crippen LogP contribution >= 0.6 is 15.9 Å². The van der Waals surface area contributed by atoms with E-state index in [0.29, 0.717) is 0 Å². The summed E-state index contributed by atoms with van der Waals surface area (Å²) in [6, 6.07) is 18.8. The standard InChI is InChI=1S/C26H19BrN2O4/c1-13-11-19(20(29(32)33)12-14(13)2)28-24(30)22-21-15-7-3-5-9-17(15)26(27,23(22)25(28)31)18-10-6-4-8-16(18)21/h3-12,21-23H,1-2H3/t21?,22-,23-,26?/m0/s1. The van der Waals surface area contributed by atoms with Crippen molar-refractivity contribution in [2.24, 2.45) is 11.8 Å². The Bertz CT molecular complexity index is 1370. The Morgan fingerprint density at radius 3 is 2.03 bits per heavy atom. The average molecular weight is 503 g/mol. The van der Waals surface area contributed by atoms with Crippen molar-refractivity contribution >= 4 is 39.1 Å². The summed E-state index contributed by atoms with van der Waals surface area (Å²) < 4.78 is -0.879. The molecular formula is C26H19BrN2O4. The van der Waals surface area contributed by atoms with E-state index in [0.717, 1.165) is 38.3 Å². The first-order valence-corrected chi connectivity index (χ1v) is 11.6. The molecule has 3 aromatic rings. The molecule has 7 heteroatoms. The third-order valence-corrected chi connectivity index (χ3v) is 8.89. The van der Waals surface area contributed by atoms with E-state index in [2.05, 4.69) is 15.9 Å². The van der Waals surface area contributed by atoms with Crippen LogP contribution < -0.4 is 4.90 Å². The highest BCUT2D eigenvalue weighted by molar-refractivity contribution is 9.09. The topological polar surface area (TPSA) is 80.5 Å². The van der Waals surface area contributed by atoms with Crippen molar-refractivity contribution < 1.29 is 14.5 Å². The lowest BCUT2D eigenvalue weighted by Crippen LogP contribution is -2.50. The Labute approximate surface area is 198 Å². The second-order valence-corrected chi connectivity index (χ2v) is 10.3. The molecule has 0 saturated carbocycles. The van der Waals surface area contributed by atoms with Crippen molar-refractivity contribution in [3.8, 4) is 0 Å². The zero-order chi connectivity index (χ0) is 23.2. The van der Waals surface area contributed by atoms with Crippen molar-refractivity contribution in [1.29, 1.82) is 0 Å². The van der Waals surface area contributed by atoms with Gasteiger partial charge in [0.1, 0.15) is 5.69 Å². The van der Waals surface area contributed by atoms with Gasteiger partial charge in [-0.05, 0) is 53.3 Å². The molecule has 2 amide bonds. The van der Waals surface area contributed by atoms with Crippen LogP contribution in [0, 0.1) is 35.8 Å². The van der Waals surface area contributed by atoms with Crippen LogP contribution in [0.4, 0.5) is 11.4 Å². The third-order valence-electron chi connectivity index (χ3n) is 7.54. The highest BCUT2D eigenvalue weighted by atomic mass is 79.9. The number of benzene rings is 3. The van der Waals surface area contributed by atoms with Crippen molar-refractivity contribution in [2.45, 2.75) is 24.1 Å². The molecular weight excluding hydrogens is 484 g/mol. The number of rotatable bonds is 2. The maximum absolute atomic E-state index is 14.0. The second-order valence-electron chi connectivity index (χ2n) is 9.06. The van der Waals surface area contributed by atoms with Crippen molar-refractivity contribution in [2.75, 3.05) is 4.90 Å². The van der Waals surface area contributed by atoms with E-state index in [-0.39, 0.29) is 23.2 Å². The molecule has 0 N–H and O–H groups in total. The average Bonchev–Trinajstić information content (AvgIpc) is 3.07. The fourth-order valence-electron chi connectivity index (χ4n) is 6.03. The predicted molar refractivity (Wildman–Crippen MR) is 126 cm³/mol. The summed E-state index contributed by atoms with van der Waals surface area (Å²) in [7, 11) is 0. The first-order chi connectivity index (χ1) is 15.8. The fourth-order valence-corrected chi connectivity index (χ4v) is 7.23. The molecule has 0 spiro atoms. The Morgan fingerprint density at radius 1 is 0.909 bits per heavy atom. The molecule has 3 aromatic carbocycles. The summed E-state index contributed by atoms with van der Waals surface area (Å²) >= 11 is 3.95. The summed E-state index contributed by atoms with van der Waals surface area (Å²) in [5, 5.41) is 11.9. The molecule has 1 fully saturated rings. The van der Waals surface area contributed by atoms with Gasteiger partial charge in [-0.1, -0.05) is 64.5 Å². The number of hydrogen-bond donors (Lipinski definition) is 0. The molecule has 3 aliphatic carbocycles. The van der Waals surface area contributed by atoms with E-state index in [1.165, 1.54) is 6.07 Å². The number of nitro groups is 1. The zero-order valence-corrected chi connectivity index (χ0v) is 19.5. The van der Waals surface area contributed by atoms with E-state index in [1.807, 2.05) is 55.5 Å². The molecule has 2 bridgehead atoms. The van der Waals surface area contributed by atoms with Crippen LogP contribution in [0.25, 0.3) is 0 Å². The first-order valence-electron chi connectivity index (χ1n) is 10.8. The van der Waals surface area contributed by atoms with Crippen molar-refractivity contribution in [3.05, 3.63) is 104 Å². The SMILES string of the molecule is Cc1cc(N2C(=O)[C@@H]3[C@@H](C2=O)C2c4ccccc4C3(Br)c3ccccc32)c([N+](=O)[O-])cc1C. The molecule has 0 unspecified atom stereocenters. The van der Waals surface area contributed by atoms with Gasteiger partial charge in [-0.25, -0.2) is 4.90 Å². The molecule has 4 aliphatic rings. The number of aryl methyl sites for hydroxylation is 2. The van der Waals surface area contributed by atoms with Gasteiger partial charge in [-0.2, -0.15) is 0 Å². The number of carbonyl (C=O) groups is 2. The lowest BCUT2D eigenvalue weighted by atomic mass is 9.55. The third kappa shape index (κ3) is 2.38. The maximum atomic E-state index is 14.0. The van der Waals surface area contributed by atoms with Crippen molar-refractivity contribution in [3.63, 3.8) is 0 Å². The van der Waals surface area contributed by atoms with E-state index < -0.39 is 27.0 Å². The Hall–Kier alpha value is -3.32. The number of halogens is 1. The zero-order valence-electron chi connectivity index (χ0n) is 17.9. The van der Waals surface area contributed by atoms with Gasteiger partial charge in [0, 0.05) is 12.0 Å². The summed E-state index contributed by atoms with van der Waals surface area (Å²) in [4.78, 5) is 40.4. The predicted octanol–water partition coefficient (Wildman–Crippen LogP) is 5.11. The highest BCUT2D eigenvalue weighted by Gasteiger charge is 2.68. The first kappa shape index (κ1) is 20.3. The molecule has 6 nitrogen and oxygen atoms in total. The quantitative estimate of drug-likeness (QED) is 0.211. The maximum Gasteiger partial charge on any atom is 0.293 e. The van der Waals surface area contributed by atoms with Gasteiger partial charge >= 0.3 is 0 Å². The smallest absolute Gasteiger partial charge is 0.274 e. The number of imide groups is 1. The van der Waals surface area contributed by atoms with E-state index in [1.54, 1.807) is 13.0 Å². The number of hydrogen-bond acceptors (Lipinski definition) is 4. The molecule has 1 saturated heterocycles. The van der Waals surface area contributed by atoms with Crippen molar-refractivity contribution in [1.82, 2.24) is 0 Å². The minimum absolute atomic E-state index is 0.0520. The van der Waals surface area contributed by atoms with Gasteiger partial charge in [0.05, 0.1) is 21.1 Å². The normalized spacial score (nSPS) is 26.8. The van der Waals surface area contributed by atoms with Crippen LogP contribution in [0.2, 0.25) is 0 Å². The van der Waals surface area contributed by atoms with Gasteiger partial charge < -0.3 is 0 Å². The van der Waals surface area contributed by atoms with Gasteiger partial charge in [-0.15, -0.1) is 0 Å². The van der Waals surface area contributed by atoms with Crippen LogP contribution in [0.3, 0.4) is 0 Å². The lowest BCUT2D eigenvalue weighted by molar-refractivity contribution is -0.384. The van der Waals surface area contributed by atoms with Crippen LogP contribution in [-0.4, -0.2) is 16.7 Å². The number of amides is 2. The molecule has 164 valence electrons. The molecule has 0 radical (unpaired) electrons. The Kier molecular flexibility index (Phi) is 4.06. The fraction of sp³-hybridized carbons (Fsp3) is 0.231. The van der Waals surface area contributed by atoms with Gasteiger partial charge in [-0.3, -0.25) is 19.7 Å². The number of nitro benzene ring substituents is 1. The monoisotopic (exact) mass is 502 g/mol. The Morgan fingerprint density at radius 2 is 1.45 bits per heavy atom. The van der Waals surface area contributed by atoms with Gasteiger partial charge in [0.2, 0.25) is 11.8 Å². The lowest BCUT2D eigenvalue weighted by Gasteiger charge is -2.51. The Balaban J connectivity index is 1.61. The van der Waals surface area contributed by atoms with Gasteiger partial charge in [0.25, 0.3) is 5.69 Å². The molecule has 33 heavy (non-hydrogen) atoms. The molecule has 7 rings (SSSR count). The molecule has 1 aliphatic heterocycles. The van der Waals surface area contributed by atoms with E-state index in [9.17, 15) is 19.7 Å². The number of alkyl halides is 1. The number of nitrogens with zero attached hydrogens (tertiary/aromatic N) is 2. The van der Waals surface area contributed by atoms with Crippen LogP contribution in [0.15, 0.2) is 60.7 Å². The minimum Gasteiger partial charge on any atom is -0.274 e. The van der Waals surface area contributed by atoms with Gasteiger partial charge in [0.15, 0.2) is 0 Å². The molecule has 1 heterocycles. The summed E-state index contributed by atoms with van der Waals surface area (Å²) in [5.74, 6) is -2.39. The molecule has 0 aromatic heterocycles. The highest BCUT2D eigenvalue weighted by Crippen LogP contribution is 2.66. The number of anilines is 1. The second kappa shape index (κ2) is 6.60. The van der Waals surface area contributed by atoms with Crippen LogP contribution in [-0.2, 0) is 13.9 Å². The van der Waals surface area contributed by atoms with E-state index >= 15 is 0 Å². The molecule has 2 atom stereocenters. The number of carbonyl (C=O) groups excluding carboxylic acids is 2. The van der Waals surface area contributed by atoms with Crippen LogP contribution in [0.5, 0.6) is 0 Å².